The second-order valence-electron chi connectivity index (χ2n) is 4.17. The summed E-state index contributed by atoms with van der Waals surface area (Å²) >= 11 is 0. The summed E-state index contributed by atoms with van der Waals surface area (Å²) in [7, 11) is 4.24. The molecule has 0 bridgehead atoms. The molecule has 0 fully saturated rings. The molecule has 0 saturated carbocycles. The van der Waals surface area contributed by atoms with Crippen LogP contribution in [0.5, 0.6) is 0 Å². The lowest BCUT2D eigenvalue weighted by molar-refractivity contribution is 0.413. The fraction of sp³-hybridized carbons (Fsp3) is 0.538. The molecule has 1 aromatic rings. The van der Waals surface area contributed by atoms with Crippen molar-refractivity contribution in [3.05, 3.63) is 34.9 Å². The van der Waals surface area contributed by atoms with Crippen LogP contribution in [0.2, 0.25) is 0 Å². The molecule has 0 radical (unpaired) electrons. The van der Waals surface area contributed by atoms with Crippen LogP contribution in [0.1, 0.15) is 23.6 Å². The van der Waals surface area contributed by atoms with Crippen LogP contribution in [0.25, 0.3) is 0 Å². The van der Waals surface area contributed by atoms with Gasteiger partial charge in [-0.05, 0) is 50.6 Å². The first-order valence-corrected chi connectivity index (χ1v) is 5.36. The Morgan fingerprint density at radius 1 is 1.21 bits per heavy atom. The maximum atomic E-state index is 2.32. The van der Waals surface area contributed by atoms with E-state index in [9.17, 15) is 0 Å². The van der Waals surface area contributed by atoms with Crippen molar-refractivity contribution >= 4 is 0 Å². The van der Waals surface area contributed by atoms with Gasteiger partial charge in [0.15, 0.2) is 0 Å². The van der Waals surface area contributed by atoms with E-state index in [1.807, 2.05) is 0 Å². The number of nitrogens with zero attached hydrogens (tertiary/aromatic N) is 1. The monoisotopic (exact) mass is 191 g/mol. The summed E-state index contributed by atoms with van der Waals surface area (Å²) in [4.78, 5) is 2.23. The van der Waals surface area contributed by atoms with Crippen molar-refractivity contribution in [2.75, 3.05) is 20.6 Å². The average molecular weight is 191 g/mol. The van der Waals surface area contributed by atoms with Gasteiger partial charge in [0.25, 0.3) is 0 Å². The standard InChI is InChI=1S/C13H21N/c1-5-13-7-6-12(10-11(13)2)8-9-14(3)4/h6-7,10H,5,8-9H2,1-4H3. The van der Waals surface area contributed by atoms with Gasteiger partial charge in [0.2, 0.25) is 0 Å². The zero-order valence-electron chi connectivity index (χ0n) is 9.80. The highest BCUT2D eigenvalue weighted by molar-refractivity contribution is 5.31. The molecule has 0 atom stereocenters. The van der Waals surface area contributed by atoms with Crippen LogP contribution in [-0.4, -0.2) is 25.5 Å². The minimum absolute atomic E-state index is 1.13. The summed E-state index contributed by atoms with van der Waals surface area (Å²) < 4.78 is 0. The second kappa shape index (κ2) is 5.16. The van der Waals surface area contributed by atoms with Gasteiger partial charge in [0.05, 0.1) is 0 Å². The molecular weight excluding hydrogens is 170 g/mol. The Morgan fingerprint density at radius 2 is 1.93 bits per heavy atom. The van der Waals surface area contributed by atoms with Gasteiger partial charge in [-0.3, -0.25) is 0 Å². The molecule has 0 N–H and O–H groups in total. The van der Waals surface area contributed by atoms with Crippen LogP contribution in [0.15, 0.2) is 18.2 Å². The maximum Gasteiger partial charge on any atom is 0.00157 e. The molecule has 0 spiro atoms. The third kappa shape index (κ3) is 3.15. The molecule has 1 aromatic carbocycles. The molecule has 0 amide bonds. The van der Waals surface area contributed by atoms with E-state index in [0.717, 1.165) is 19.4 Å². The van der Waals surface area contributed by atoms with E-state index < -0.39 is 0 Å². The molecule has 14 heavy (non-hydrogen) atoms. The first-order valence-electron chi connectivity index (χ1n) is 5.36. The molecule has 78 valence electrons. The Kier molecular flexibility index (Phi) is 4.15. The molecule has 1 rings (SSSR count). The summed E-state index contributed by atoms with van der Waals surface area (Å²) in [6, 6.07) is 6.85. The van der Waals surface area contributed by atoms with Gasteiger partial charge in [-0.1, -0.05) is 25.1 Å². The average Bonchev–Trinajstić information content (AvgIpc) is 2.15. The Morgan fingerprint density at radius 3 is 2.43 bits per heavy atom. The first kappa shape index (κ1) is 11.3. The Bertz CT molecular complexity index is 289. The Labute approximate surface area is 87.7 Å². The minimum atomic E-state index is 1.13. The summed E-state index contributed by atoms with van der Waals surface area (Å²) in [6.07, 6.45) is 2.29. The van der Waals surface area contributed by atoms with Gasteiger partial charge in [-0.25, -0.2) is 0 Å². The van der Waals surface area contributed by atoms with Gasteiger partial charge < -0.3 is 4.90 Å². The largest absolute Gasteiger partial charge is 0.309 e. The fourth-order valence-corrected chi connectivity index (χ4v) is 1.66. The van der Waals surface area contributed by atoms with Crippen LogP contribution in [0, 0.1) is 6.92 Å². The van der Waals surface area contributed by atoms with Gasteiger partial charge in [0, 0.05) is 6.54 Å². The molecule has 0 heterocycles. The van der Waals surface area contributed by atoms with Gasteiger partial charge in [0.1, 0.15) is 0 Å². The molecule has 0 aromatic heterocycles. The molecule has 0 aliphatic heterocycles. The lowest BCUT2D eigenvalue weighted by Crippen LogP contribution is -2.15. The van der Waals surface area contributed by atoms with Crippen LogP contribution in [-0.2, 0) is 12.8 Å². The number of likely N-dealkylation sites (N-methyl/N-ethyl adjacent to an activating group) is 1. The van der Waals surface area contributed by atoms with Gasteiger partial charge >= 0.3 is 0 Å². The molecule has 1 nitrogen and oxygen atoms in total. The fourth-order valence-electron chi connectivity index (χ4n) is 1.66. The normalized spacial score (nSPS) is 10.9. The highest BCUT2D eigenvalue weighted by Gasteiger charge is 1.99. The molecule has 0 aliphatic carbocycles. The highest BCUT2D eigenvalue weighted by atomic mass is 15.0. The highest BCUT2D eigenvalue weighted by Crippen LogP contribution is 2.12. The second-order valence-corrected chi connectivity index (χ2v) is 4.17. The first-order chi connectivity index (χ1) is 6.63. The quantitative estimate of drug-likeness (QED) is 0.707. The topological polar surface area (TPSA) is 3.24 Å². The molecular formula is C13H21N. The summed E-state index contributed by atoms with van der Waals surface area (Å²) in [6.45, 7) is 5.55. The van der Waals surface area contributed by atoms with Crippen molar-refractivity contribution in [3.8, 4) is 0 Å². The lowest BCUT2D eigenvalue weighted by Gasteiger charge is -2.10. The molecule has 1 heteroatoms. The zero-order chi connectivity index (χ0) is 10.6. The van der Waals surface area contributed by atoms with Gasteiger partial charge in [-0.15, -0.1) is 0 Å². The van der Waals surface area contributed by atoms with Crippen LogP contribution in [0.4, 0.5) is 0 Å². The van der Waals surface area contributed by atoms with E-state index in [2.05, 4.69) is 51.0 Å². The number of rotatable bonds is 4. The van der Waals surface area contributed by atoms with Gasteiger partial charge in [-0.2, -0.15) is 0 Å². The third-order valence-corrected chi connectivity index (χ3v) is 2.64. The smallest absolute Gasteiger partial charge is 0.00157 e. The van der Waals surface area contributed by atoms with E-state index in [1.54, 1.807) is 0 Å². The Hall–Kier alpha value is -0.820. The van der Waals surface area contributed by atoms with Crippen molar-refractivity contribution in [2.24, 2.45) is 0 Å². The van der Waals surface area contributed by atoms with E-state index in [4.69, 9.17) is 0 Å². The van der Waals surface area contributed by atoms with Crippen molar-refractivity contribution < 1.29 is 0 Å². The molecule has 0 unspecified atom stereocenters. The van der Waals surface area contributed by atoms with Crippen LogP contribution in [0.3, 0.4) is 0 Å². The summed E-state index contributed by atoms with van der Waals surface area (Å²) in [5.41, 5.74) is 4.36. The number of hydrogen-bond acceptors (Lipinski definition) is 1. The summed E-state index contributed by atoms with van der Waals surface area (Å²) in [5, 5.41) is 0. The zero-order valence-corrected chi connectivity index (χ0v) is 9.80. The third-order valence-electron chi connectivity index (χ3n) is 2.64. The van der Waals surface area contributed by atoms with Crippen LogP contribution >= 0.6 is 0 Å². The van der Waals surface area contributed by atoms with Crippen molar-refractivity contribution in [3.63, 3.8) is 0 Å². The predicted octanol–water partition coefficient (Wildman–Crippen LogP) is 2.66. The summed E-state index contributed by atoms with van der Waals surface area (Å²) in [5.74, 6) is 0. The van der Waals surface area contributed by atoms with Crippen molar-refractivity contribution in [2.45, 2.75) is 26.7 Å². The number of hydrogen-bond donors (Lipinski definition) is 0. The lowest BCUT2D eigenvalue weighted by atomic mass is 10.0. The van der Waals surface area contributed by atoms with E-state index in [-0.39, 0.29) is 0 Å². The van der Waals surface area contributed by atoms with Crippen LogP contribution < -0.4 is 0 Å². The molecule has 0 saturated heterocycles. The van der Waals surface area contributed by atoms with E-state index in [0.29, 0.717) is 0 Å². The SMILES string of the molecule is CCc1ccc(CCN(C)C)cc1C. The molecule has 0 aliphatic rings. The van der Waals surface area contributed by atoms with E-state index in [1.165, 1.54) is 16.7 Å². The predicted molar refractivity (Wildman–Crippen MR) is 62.8 cm³/mol. The maximum absolute atomic E-state index is 2.32. The number of aryl methyl sites for hydroxylation is 2. The minimum Gasteiger partial charge on any atom is -0.309 e. The van der Waals surface area contributed by atoms with E-state index >= 15 is 0 Å². The number of benzene rings is 1. The van der Waals surface area contributed by atoms with Crippen molar-refractivity contribution in [1.29, 1.82) is 0 Å². The Balaban J connectivity index is 2.66. The van der Waals surface area contributed by atoms with Crippen molar-refractivity contribution in [1.82, 2.24) is 4.90 Å².